The van der Waals surface area contributed by atoms with Crippen molar-refractivity contribution in [3.05, 3.63) is 35.9 Å². The minimum atomic E-state index is 0.0224. The van der Waals surface area contributed by atoms with E-state index in [0.717, 1.165) is 5.56 Å². The average Bonchev–Trinajstić information content (AvgIpc) is 2.34. The van der Waals surface area contributed by atoms with Crippen LogP contribution in [0.1, 0.15) is 12.5 Å². The number of hydrogen-bond donors (Lipinski definition) is 1. The maximum atomic E-state index is 5.58. The maximum Gasteiger partial charge on any atom is 0.225 e. The van der Waals surface area contributed by atoms with E-state index in [0.29, 0.717) is 12.5 Å². The normalized spacial score (nSPS) is 13.2. The lowest BCUT2D eigenvalue weighted by Crippen LogP contribution is -2.32. The van der Waals surface area contributed by atoms with Gasteiger partial charge in [0.2, 0.25) is 5.90 Å². The SMILES string of the molecule is C=N/N=C(\OCc1ccccc1)[C@H](C)NC. The van der Waals surface area contributed by atoms with Crippen LogP contribution in [0.2, 0.25) is 0 Å². The van der Waals surface area contributed by atoms with Crippen LogP contribution in [-0.4, -0.2) is 25.7 Å². The van der Waals surface area contributed by atoms with Crippen LogP contribution in [-0.2, 0) is 11.3 Å². The number of nitrogens with one attached hydrogen (secondary N) is 1. The van der Waals surface area contributed by atoms with Gasteiger partial charge in [-0.3, -0.25) is 0 Å². The molecule has 1 rings (SSSR count). The van der Waals surface area contributed by atoms with Crippen molar-refractivity contribution in [1.29, 1.82) is 0 Å². The van der Waals surface area contributed by atoms with Gasteiger partial charge in [0.15, 0.2) is 0 Å². The molecule has 0 saturated heterocycles. The molecule has 1 aromatic carbocycles. The van der Waals surface area contributed by atoms with E-state index in [1.54, 1.807) is 0 Å². The summed E-state index contributed by atoms with van der Waals surface area (Å²) in [5, 5.41) is 10.4. The van der Waals surface area contributed by atoms with Crippen molar-refractivity contribution in [3.8, 4) is 0 Å². The van der Waals surface area contributed by atoms with Crippen LogP contribution >= 0.6 is 0 Å². The van der Waals surface area contributed by atoms with Crippen LogP contribution in [0.5, 0.6) is 0 Å². The molecule has 0 spiro atoms. The van der Waals surface area contributed by atoms with E-state index < -0.39 is 0 Å². The van der Waals surface area contributed by atoms with E-state index in [-0.39, 0.29) is 6.04 Å². The number of likely N-dealkylation sites (N-methyl/N-ethyl adjacent to an activating group) is 1. The van der Waals surface area contributed by atoms with Gasteiger partial charge in [0.1, 0.15) is 6.61 Å². The monoisotopic (exact) mass is 219 g/mol. The van der Waals surface area contributed by atoms with Gasteiger partial charge in [-0.1, -0.05) is 30.3 Å². The molecule has 0 heterocycles. The zero-order valence-electron chi connectivity index (χ0n) is 9.68. The van der Waals surface area contributed by atoms with Crippen molar-refractivity contribution in [2.75, 3.05) is 7.05 Å². The van der Waals surface area contributed by atoms with E-state index >= 15 is 0 Å². The second-order valence-corrected chi connectivity index (χ2v) is 3.36. The Kier molecular flexibility index (Phi) is 5.22. The topological polar surface area (TPSA) is 46.0 Å². The molecular formula is C12H17N3O. The summed E-state index contributed by atoms with van der Waals surface area (Å²) in [5.41, 5.74) is 1.10. The van der Waals surface area contributed by atoms with Crippen LogP contribution in [0.15, 0.2) is 40.5 Å². The van der Waals surface area contributed by atoms with Crippen LogP contribution < -0.4 is 5.32 Å². The molecule has 0 saturated carbocycles. The molecule has 0 fully saturated rings. The molecule has 4 heteroatoms. The largest absolute Gasteiger partial charge is 0.474 e. The molecule has 0 unspecified atom stereocenters. The lowest BCUT2D eigenvalue weighted by molar-refractivity contribution is 0.274. The van der Waals surface area contributed by atoms with E-state index in [1.807, 2.05) is 44.3 Å². The van der Waals surface area contributed by atoms with E-state index in [2.05, 4.69) is 22.2 Å². The lowest BCUT2D eigenvalue weighted by atomic mass is 10.2. The Morgan fingerprint density at radius 3 is 2.69 bits per heavy atom. The second-order valence-electron chi connectivity index (χ2n) is 3.36. The van der Waals surface area contributed by atoms with Crippen molar-refractivity contribution in [1.82, 2.24) is 5.32 Å². The van der Waals surface area contributed by atoms with Crippen molar-refractivity contribution >= 4 is 12.6 Å². The van der Waals surface area contributed by atoms with Gasteiger partial charge in [-0.05, 0) is 19.5 Å². The molecule has 0 aliphatic carbocycles. The van der Waals surface area contributed by atoms with Crippen LogP contribution in [0.4, 0.5) is 0 Å². The third kappa shape index (κ3) is 3.82. The Hall–Kier alpha value is -1.68. The summed E-state index contributed by atoms with van der Waals surface area (Å²) in [6.07, 6.45) is 0. The van der Waals surface area contributed by atoms with Crippen LogP contribution in [0.3, 0.4) is 0 Å². The molecule has 4 nitrogen and oxygen atoms in total. The molecule has 0 radical (unpaired) electrons. The van der Waals surface area contributed by atoms with Gasteiger partial charge in [-0.25, -0.2) is 0 Å². The molecule has 0 aromatic heterocycles. The number of nitrogens with zero attached hydrogens (tertiary/aromatic N) is 2. The first-order valence-electron chi connectivity index (χ1n) is 5.15. The minimum absolute atomic E-state index is 0.0224. The summed E-state index contributed by atoms with van der Waals surface area (Å²) in [7, 11) is 1.84. The highest BCUT2D eigenvalue weighted by Crippen LogP contribution is 2.02. The van der Waals surface area contributed by atoms with Gasteiger partial charge in [0, 0.05) is 6.72 Å². The average molecular weight is 219 g/mol. The number of hydrogen-bond acceptors (Lipinski definition) is 4. The Morgan fingerprint density at radius 2 is 2.12 bits per heavy atom. The first-order chi connectivity index (χ1) is 7.77. The van der Waals surface area contributed by atoms with Gasteiger partial charge in [-0.15, -0.1) is 5.10 Å². The first kappa shape index (κ1) is 12.4. The molecule has 0 aliphatic heterocycles. The first-order valence-corrected chi connectivity index (χ1v) is 5.15. The summed E-state index contributed by atoms with van der Waals surface area (Å²) < 4.78 is 5.58. The van der Waals surface area contributed by atoms with Crippen molar-refractivity contribution in [2.45, 2.75) is 19.6 Å². The summed E-state index contributed by atoms with van der Waals surface area (Å²) >= 11 is 0. The minimum Gasteiger partial charge on any atom is -0.474 e. The summed E-state index contributed by atoms with van der Waals surface area (Å²) in [6, 6.07) is 9.95. The molecular weight excluding hydrogens is 202 g/mol. The lowest BCUT2D eigenvalue weighted by Gasteiger charge is -2.13. The van der Waals surface area contributed by atoms with Crippen molar-refractivity contribution in [3.63, 3.8) is 0 Å². The predicted molar refractivity (Wildman–Crippen MR) is 66.7 cm³/mol. The molecule has 0 aliphatic rings. The Bertz CT molecular complexity index is 349. The zero-order chi connectivity index (χ0) is 11.8. The highest BCUT2D eigenvalue weighted by atomic mass is 16.5. The van der Waals surface area contributed by atoms with Gasteiger partial charge >= 0.3 is 0 Å². The van der Waals surface area contributed by atoms with E-state index in [9.17, 15) is 0 Å². The third-order valence-electron chi connectivity index (χ3n) is 2.20. The fraction of sp³-hybridized carbons (Fsp3) is 0.333. The van der Waals surface area contributed by atoms with Crippen LogP contribution in [0.25, 0.3) is 0 Å². The van der Waals surface area contributed by atoms with Gasteiger partial charge in [0.25, 0.3) is 0 Å². The maximum absolute atomic E-state index is 5.58. The molecule has 0 bridgehead atoms. The number of ether oxygens (including phenoxy) is 1. The van der Waals surface area contributed by atoms with Gasteiger partial charge in [-0.2, -0.15) is 5.10 Å². The predicted octanol–water partition coefficient (Wildman–Crippen LogP) is 1.83. The standard InChI is InChI=1S/C12H17N3O/c1-10(13-2)12(15-14-3)16-9-11-7-5-4-6-8-11/h4-8,10,13H,3,9H2,1-2H3/b15-12-/t10-/m0/s1. The third-order valence-corrected chi connectivity index (χ3v) is 2.20. The Labute approximate surface area is 96.0 Å². The van der Waals surface area contributed by atoms with Crippen LogP contribution in [0, 0.1) is 0 Å². The van der Waals surface area contributed by atoms with Gasteiger partial charge in [0.05, 0.1) is 6.04 Å². The smallest absolute Gasteiger partial charge is 0.225 e. The Balaban J connectivity index is 2.57. The summed E-state index contributed by atoms with van der Waals surface area (Å²) in [5.74, 6) is 0.543. The fourth-order valence-electron chi connectivity index (χ4n) is 1.17. The molecule has 1 N–H and O–H groups in total. The Morgan fingerprint density at radius 1 is 1.44 bits per heavy atom. The summed E-state index contributed by atoms with van der Waals surface area (Å²) in [4.78, 5) is 0. The van der Waals surface area contributed by atoms with Gasteiger partial charge < -0.3 is 10.1 Å². The number of rotatable bonds is 5. The quantitative estimate of drug-likeness (QED) is 0.466. The second kappa shape index (κ2) is 6.74. The zero-order valence-corrected chi connectivity index (χ0v) is 9.68. The highest BCUT2D eigenvalue weighted by Gasteiger charge is 2.09. The van der Waals surface area contributed by atoms with Crippen molar-refractivity contribution < 1.29 is 4.74 Å². The fourth-order valence-corrected chi connectivity index (χ4v) is 1.17. The molecule has 86 valence electrons. The molecule has 16 heavy (non-hydrogen) atoms. The highest BCUT2D eigenvalue weighted by molar-refractivity contribution is 5.81. The number of benzene rings is 1. The van der Waals surface area contributed by atoms with Crippen molar-refractivity contribution in [2.24, 2.45) is 10.2 Å². The van der Waals surface area contributed by atoms with E-state index in [4.69, 9.17) is 4.74 Å². The van der Waals surface area contributed by atoms with E-state index in [1.165, 1.54) is 0 Å². The summed E-state index contributed by atoms with van der Waals surface area (Å²) in [6.45, 7) is 5.77. The molecule has 1 atom stereocenters. The molecule has 1 aromatic rings. The molecule has 0 amide bonds.